The van der Waals surface area contributed by atoms with Crippen molar-refractivity contribution in [3.8, 4) is 11.8 Å². The molecule has 0 radical (unpaired) electrons. The third kappa shape index (κ3) is 6.69. The second kappa shape index (κ2) is 11.3. The van der Waals surface area contributed by atoms with E-state index in [1.165, 1.54) is 19.3 Å². The van der Waals surface area contributed by atoms with Crippen LogP contribution in [0.15, 0.2) is 12.7 Å². The first-order valence-electron chi connectivity index (χ1n) is 11.6. The first-order chi connectivity index (χ1) is 12.4. The van der Waals surface area contributed by atoms with Crippen LogP contribution in [0.3, 0.4) is 0 Å². The second-order valence-corrected chi connectivity index (χ2v) is 10.2. The summed E-state index contributed by atoms with van der Waals surface area (Å²) < 4.78 is 0. The monoisotopic (exact) mass is 374 g/mol. The lowest BCUT2D eigenvalue weighted by atomic mass is 9.64. The van der Waals surface area contributed by atoms with Crippen molar-refractivity contribution in [3.63, 3.8) is 0 Å². The molecule has 0 fully saturated rings. The zero-order valence-corrected chi connectivity index (χ0v) is 20.6. The molecule has 0 aromatic heterocycles. The van der Waals surface area contributed by atoms with Gasteiger partial charge in [0.1, 0.15) is 0 Å². The van der Waals surface area contributed by atoms with Crippen molar-refractivity contribution in [2.75, 3.05) is 0 Å². The Hall–Kier alpha value is -0.700. The predicted octanol–water partition coefficient (Wildman–Crippen LogP) is 8.63. The molecule has 0 aromatic carbocycles. The van der Waals surface area contributed by atoms with Gasteiger partial charge in [0, 0.05) is 5.92 Å². The summed E-state index contributed by atoms with van der Waals surface area (Å²) in [7, 11) is 0. The predicted molar refractivity (Wildman–Crippen MR) is 125 cm³/mol. The second-order valence-electron chi connectivity index (χ2n) is 10.2. The normalized spacial score (nSPS) is 21.0. The van der Waals surface area contributed by atoms with Crippen LogP contribution in [-0.4, -0.2) is 0 Å². The van der Waals surface area contributed by atoms with E-state index in [-0.39, 0.29) is 10.8 Å². The molecule has 0 aromatic rings. The molecule has 0 N–H and O–H groups in total. The standard InChI is InChI=1S/C27H50/c1-13-17-21(6)22(7)23(8)24(9)25(20(5)14-2)18-19-27(12,16-4)26(10,11)15-3/h16,20-25H,4,13-15,17H2,1-3,5-12H3. The zero-order valence-electron chi connectivity index (χ0n) is 20.6. The van der Waals surface area contributed by atoms with E-state index in [4.69, 9.17) is 0 Å². The molecule has 0 nitrogen and oxygen atoms in total. The fraction of sp³-hybridized carbons (Fsp3) is 0.852. The van der Waals surface area contributed by atoms with Crippen molar-refractivity contribution in [1.82, 2.24) is 0 Å². The van der Waals surface area contributed by atoms with Crippen molar-refractivity contribution >= 4 is 0 Å². The van der Waals surface area contributed by atoms with Crippen molar-refractivity contribution in [2.45, 2.75) is 102 Å². The Bertz CT molecular complexity index is 488. The van der Waals surface area contributed by atoms with Gasteiger partial charge in [0.05, 0.1) is 5.41 Å². The molecule has 0 bridgehead atoms. The van der Waals surface area contributed by atoms with Crippen LogP contribution < -0.4 is 0 Å². The van der Waals surface area contributed by atoms with Crippen molar-refractivity contribution in [3.05, 3.63) is 12.7 Å². The average molecular weight is 375 g/mol. The summed E-state index contributed by atoms with van der Waals surface area (Å²) in [6.07, 6.45) is 6.99. The minimum Gasteiger partial charge on any atom is -0.102 e. The van der Waals surface area contributed by atoms with Crippen LogP contribution in [0.4, 0.5) is 0 Å². The van der Waals surface area contributed by atoms with Gasteiger partial charge in [-0.15, -0.1) is 6.58 Å². The third-order valence-corrected chi connectivity index (χ3v) is 8.32. The lowest BCUT2D eigenvalue weighted by Crippen LogP contribution is -2.33. The van der Waals surface area contributed by atoms with Crippen LogP contribution in [0.1, 0.15) is 102 Å². The van der Waals surface area contributed by atoms with Gasteiger partial charge in [0.15, 0.2) is 0 Å². The average Bonchev–Trinajstić information content (AvgIpc) is 2.65. The Morgan fingerprint density at radius 1 is 0.852 bits per heavy atom. The SMILES string of the molecule is C=CC(C)(C#CC(C(C)CC)C(C)C(C)C(C)C(C)CCC)C(C)(C)CC. The topological polar surface area (TPSA) is 0 Å². The van der Waals surface area contributed by atoms with E-state index in [0.717, 1.165) is 18.3 Å². The number of hydrogen-bond donors (Lipinski definition) is 0. The third-order valence-electron chi connectivity index (χ3n) is 8.32. The van der Waals surface area contributed by atoms with Gasteiger partial charge in [-0.2, -0.15) is 0 Å². The summed E-state index contributed by atoms with van der Waals surface area (Å²) in [5.41, 5.74) is -0.00290. The van der Waals surface area contributed by atoms with Crippen LogP contribution in [0.2, 0.25) is 0 Å². The van der Waals surface area contributed by atoms with Crippen LogP contribution >= 0.6 is 0 Å². The number of hydrogen-bond acceptors (Lipinski definition) is 0. The molecule has 0 saturated carbocycles. The molecular formula is C27H50. The summed E-state index contributed by atoms with van der Waals surface area (Å²) >= 11 is 0. The van der Waals surface area contributed by atoms with Crippen LogP contribution in [-0.2, 0) is 0 Å². The van der Waals surface area contributed by atoms with E-state index in [9.17, 15) is 0 Å². The molecule has 0 heterocycles. The summed E-state index contributed by atoms with van der Waals surface area (Å²) in [5, 5.41) is 0. The molecule has 27 heavy (non-hydrogen) atoms. The number of allylic oxidation sites excluding steroid dienone is 1. The molecule has 0 heteroatoms. The molecule has 7 atom stereocenters. The van der Waals surface area contributed by atoms with Crippen LogP contribution in [0.25, 0.3) is 0 Å². The lowest BCUT2D eigenvalue weighted by molar-refractivity contribution is 0.152. The minimum atomic E-state index is -0.141. The molecule has 0 aliphatic heterocycles. The van der Waals surface area contributed by atoms with Gasteiger partial charge in [0.2, 0.25) is 0 Å². The fourth-order valence-electron chi connectivity index (χ4n) is 4.19. The Morgan fingerprint density at radius 2 is 1.41 bits per heavy atom. The Balaban J connectivity index is 5.75. The van der Waals surface area contributed by atoms with Crippen molar-refractivity contribution < 1.29 is 0 Å². The van der Waals surface area contributed by atoms with Crippen LogP contribution in [0.5, 0.6) is 0 Å². The maximum absolute atomic E-state index is 4.14. The van der Waals surface area contributed by atoms with Gasteiger partial charge in [-0.05, 0) is 48.3 Å². The summed E-state index contributed by atoms with van der Waals surface area (Å²) in [4.78, 5) is 0. The summed E-state index contributed by atoms with van der Waals surface area (Å²) in [6, 6.07) is 0. The maximum Gasteiger partial charge on any atom is 0.0513 e. The molecule has 158 valence electrons. The number of rotatable bonds is 11. The highest BCUT2D eigenvalue weighted by atomic mass is 14.4. The van der Waals surface area contributed by atoms with Crippen LogP contribution in [0, 0.1) is 58.2 Å². The first kappa shape index (κ1) is 26.3. The van der Waals surface area contributed by atoms with E-state index in [1.807, 2.05) is 0 Å². The molecule has 0 amide bonds. The van der Waals surface area contributed by atoms with E-state index in [2.05, 4.69) is 101 Å². The quantitative estimate of drug-likeness (QED) is 0.251. The van der Waals surface area contributed by atoms with E-state index >= 15 is 0 Å². The highest BCUT2D eigenvalue weighted by Gasteiger charge is 2.36. The molecule has 0 aliphatic carbocycles. The minimum absolute atomic E-state index is 0.138. The van der Waals surface area contributed by atoms with E-state index in [1.54, 1.807) is 0 Å². The molecule has 0 rings (SSSR count). The Morgan fingerprint density at radius 3 is 1.81 bits per heavy atom. The molecule has 7 unspecified atom stereocenters. The van der Waals surface area contributed by atoms with Crippen molar-refractivity contribution in [1.29, 1.82) is 0 Å². The van der Waals surface area contributed by atoms with E-state index < -0.39 is 0 Å². The van der Waals surface area contributed by atoms with Gasteiger partial charge in [-0.25, -0.2) is 0 Å². The van der Waals surface area contributed by atoms with Gasteiger partial charge >= 0.3 is 0 Å². The molecule has 0 spiro atoms. The van der Waals surface area contributed by atoms with Gasteiger partial charge in [0.25, 0.3) is 0 Å². The fourth-order valence-corrected chi connectivity index (χ4v) is 4.19. The van der Waals surface area contributed by atoms with E-state index in [0.29, 0.717) is 23.7 Å². The molecular weight excluding hydrogens is 324 g/mol. The summed E-state index contributed by atoms with van der Waals surface area (Å²) in [5.74, 6) is 11.4. The largest absolute Gasteiger partial charge is 0.102 e. The Kier molecular flexibility index (Phi) is 11.0. The van der Waals surface area contributed by atoms with Gasteiger partial charge in [-0.3, -0.25) is 0 Å². The lowest BCUT2D eigenvalue weighted by Gasteiger charge is -2.39. The molecule has 0 aliphatic rings. The Labute approximate surface area is 173 Å². The highest BCUT2D eigenvalue weighted by Crippen LogP contribution is 2.43. The van der Waals surface area contributed by atoms with Gasteiger partial charge in [-0.1, -0.05) is 106 Å². The summed E-state index contributed by atoms with van der Waals surface area (Å²) in [6.45, 7) is 30.1. The van der Waals surface area contributed by atoms with Gasteiger partial charge < -0.3 is 0 Å². The smallest absolute Gasteiger partial charge is 0.0513 e. The maximum atomic E-state index is 4.14. The highest BCUT2D eigenvalue weighted by molar-refractivity contribution is 5.23. The van der Waals surface area contributed by atoms with Crippen molar-refractivity contribution in [2.24, 2.45) is 46.3 Å². The first-order valence-corrected chi connectivity index (χ1v) is 11.6. The zero-order chi connectivity index (χ0) is 21.4. The molecule has 0 saturated heterocycles.